The molecule has 3 rings (SSSR count). The van der Waals surface area contributed by atoms with Gasteiger partial charge >= 0.3 is 0 Å². The van der Waals surface area contributed by atoms with Crippen LogP contribution in [0.25, 0.3) is 0 Å². The van der Waals surface area contributed by atoms with Gasteiger partial charge in [-0.05, 0) is 57.0 Å². The third-order valence-electron chi connectivity index (χ3n) is 4.39. The highest BCUT2D eigenvalue weighted by atomic mass is 16.2. The van der Waals surface area contributed by atoms with E-state index in [4.69, 9.17) is 0 Å². The molecule has 1 aliphatic rings. The molecule has 25 heavy (non-hydrogen) atoms. The summed E-state index contributed by atoms with van der Waals surface area (Å²) >= 11 is 0. The Morgan fingerprint density at radius 2 is 1.88 bits per heavy atom. The number of fused-ring (bicyclic) bond motifs is 1. The third-order valence-corrected chi connectivity index (χ3v) is 4.39. The fourth-order valence-corrected chi connectivity index (χ4v) is 3.01. The lowest BCUT2D eigenvalue weighted by Gasteiger charge is -2.39. The Bertz CT molecular complexity index is 843. The number of carbonyl (C=O) groups is 2. The van der Waals surface area contributed by atoms with Crippen LogP contribution in [-0.2, 0) is 9.59 Å². The molecule has 0 aromatic heterocycles. The predicted octanol–water partition coefficient (Wildman–Crippen LogP) is 3.48. The standard InChI is InChI=1S/C20H23N3O2/c1-13-9-10-14(2)16(11-13)21-18(24)12-23-17-8-6-5-7-15(17)22-20(3,4)19(23)25/h5-11,22H,12H2,1-4H3,(H,21,24). The summed E-state index contributed by atoms with van der Waals surface area (Å²) < 4.78 is 0. The second kappa shape index (κ2) is 6.24. The SMILES string of the molecule is Cc1ccc(C)c(NC(=O)CN2C(=O)C(C)(C)Nc3ccccc32)c1. The van der Waals surface area contributed by atoms with Crippen LogP contribution in [0.15, 0.2) is 42.5 Å². The Kier molecular flexibility index (Phi) is 4.25. The van der Waals surface area contributed by atoms with E-state index >= 15 is 0 Å². The predicted molar refractivity (Wildman–Crippen MR) is 101 cm³/mol. The summed E-state index contributed by atoms with van der Waals surface area (Å²) in [5, 5.41) is 6.16. The van der Waals surface area contributed by atoms with Crippen LogP contribution in [0.4, 0.5) is 17.1 Å². The van der Waals surface area contributed by atoms with Gasteiger partial charge in [0.2, 0.25) is 5.91 Å². The van der Waals surface area contributed by atoms with Gasteiger partial charge in [0.25, 0.3) is 5.91 Å². The molecule has 5 heteroatoms. The first-order valence-corrected chi connectivity index (χ1v) is 8.34. The second-order valence-corrected chi connectivity index (χ2v) is 7.02. The van der Waals surface area contributed by atoms with E-state index in [0.29, 0.717) is 0 Å². The Morgan fingerprint density at radius 1 is 1.16 bits per heavy atom. The zero-order valence-corrected chi connectivity index (χ0v) is 15.0. The molecule has 0 saturated carbocycles. The molecule has 2 amide bonds. The van der Waals surface area contributed by atoms with Gasteiger partial charge in [-0.2, -0.15) is 0 Å². The van der Waals surface area contributed by atoms with Crippen molar-refractivity contribution in [2.45, 2.75) is 33.2 Å². The van der Waals surface area contributed by atoms with Crippen molar-refractivity contribution >= 4 is 28.9 Å². The number of benzene rings is 2. The van der Waals surface area contributed by atoms with Gasteiger partial charge in [-0.25, -0.2) is 0 Å². The molecule has 1 aliphatic heterocycles. The molecule has 1 heterocycles. The number of para-hydroxylation sites is 2. The second-order valence-electron chi connectivity index (χ2n) is 7.02. The van der Waals surface area contributed by atoms with E-state index < -0.39 is 5.54 Å². The van der Waals surface area contributed by atoms with E-state index in [1.807, 2.05) is 70.2 Å². The first-order chi connectivity index (χ1) is 11.8. The van der Waals surface area contributed by atoms with Crippen LogP contribution >= 0.6 is 0 Å². The minimum Gasteiger partial charge on any atom is -0.370 e. The fraction of sp³-hybridized carbons (Fsp3) is 0.300. The van der Waals surface area contributed by atoms with Crippen LogP contribution < -0.4 is 15.5 Å². The molecule has 0 unspecified atom stereocenters. The molecule has 2 aromatic carbocycles. The van der Waals surface area contributed by atoms with Crippen molar-refractivity contribution in [1.82, 2.24) is 0 Å². The number of rotatable bonds is 3. The number of amides is 2. The Morgan fingerprint density at radius 3 is 2.64 bits per heavy atom. The molecule has 0 bridgehead atoms. The molecule has 130 valence electrons. The van der Waals surface area contributed by atoms with E-state index in [1.54, 1.807) is 4.90 Å². The number of hydrogen-bond donors (Lipinski definition) is 2. The quantitative estimate of drug-likeness (QED) is 0.901. The molecule has 5 nitrogen and oxygen atoms in total. The maximum absolute atomic E-state index is 12.8. The van der Waals surface area contributed by atoms with E-state index in [2.05, 4.69) is 10.6 Å². The van der Waals surface area contributed by atoms with E-state index in [9.17, 15) is 9.59 Å². The summed E-state index contributed by atoms with van der Waals surface area (Å²) in [6, 6.07) is 13.4. The molecule has 2 N–H and O–H groups in total. The number of carbonyl (C=O) groups excluding carboxylic acids is 2. The van der Waals surface area contributed by atoms with Crippen molar-refractivity contribution in [2.75, 3.05) is 22.1 Å². The first kappa shape index (κ1) is 17.0. The topological polar surface area (TPSA) is 61.4 Å². The lowest BCUT2D eigenvalue weighted by atomic mass is 9.98. The van der Waals surface area contributed by atoms with Crippen molar-refractivity contribution in [2.24, 2.45) is 0 Å². The highest BCUT2D eigenvalue weighted by molar-refractivity contribution is 6.11. The molecule has 2 aromatic rings. The van der Waals surface area contributed by atoms with Crippen molar-refractivity contribution in [3.05, 3.63) is 53.6 Å². The third kappa shape index (κ3) is 3.36. The van der Waals surface area contributed by atoms with Gasteiger partial charge in [-0.1, -0.05) is 24.3 Å². The number of nitrogens with zero attached hydrogens (tertiary/aromatic N) is 1. The van der Waals surface area contributed by atoms with Gasteiger partial charge in [-0.3, -0.25) is 14.5 Å². The zero-order chi connectivity index (χ0) is 18.2. The normalized spacial score (nSPS) is 15.4. The van der Waals surface area contributed by atoms with Gasteiger partial charge in [0.05, 0.1) is 11.4 Å². The number of anilines is 3. The Hall–Kier alpha value is -2.82. The maximum Gasteiger partial charge on any atom is 0.252 e. The van der Waals surface area contributed by atoms with Crippen LogP contribution in [0.5, 0.6) is 0 Å². The summed E-state index contributed by atoms with van der Waals surface area (Å²) in [6.45, 7) is 7.55. The molecule has 0 fully saturated rings. The van der Waals surface area contributed by atoms with Crippen LogP contribution in [0.2, 0.25) is 0 Å². The summed E-state index contributed by atoms with van der Waals surface area (Å²) in [6.07, 6.45) is 0. The molecular weight excluding hydrogens is 314 g/mol. The minimum absolute atomic E-state index is 0.0195. The Balaban J connectivity index is 1.85. The largest absolute Gasteiger partial charge is 0.370 e. The first-order valence-electron chi connectivity index (χ1n) is 8.34. The van der Waals surface area contributed by atoms with Crippen LogP contribution in [0, 0.1) is 13.8 Å². The zero-order valence-electron chi connectivity index (χ0n) is 15.0. The molecule has 0 aliphatic carbocycles. The van der Waals surface area contributed by atoms with Crippen molar-refractivity contribution in [1.29, 1.82) is 0 Å². The van der Waals surface area contributed by atoms with Gasteiger partial charge < -0.3 is 10.6 Å². The number of nitrogens with one attached hydrogen (secondary N) is 2. The molecule has 0 atom stereocenters. The molecular formula is C20H23N3O2. The minimum atomic E-state index is -0.756. The van der Waals surface area contributed by atoms with Gasteiger partial charge in [-0.15, -0.1) is 0 Å². The average Bonchev–Trinajstić information content (AvgIpc) is 2.55. The summed E-state index contributed by atoms with van der Waals surface area (Å²) in [4.78, 5) is 26.9. The average molecular weight is 337 g/mol. The molecule has 0 spiro atoms. The van der Waals surface area contributed by atoms with Gasteiger partial charge in [0.1, 0.15) is 12.1 Å². The lowest BCUT2D eigenvalue weighted by Crippen LogP contribution is -2.55. The molecule has 0 saturated heterocycles. The maximum atomic E-state index is 12.8. The van der Waals surface area contributed by atoms with E-state index in [0.717, 1.165) is 28.2 Å². The van der Waals surface area contributed by atoms with Crippen molar-refractivity contribution in [3.63, 3.8) is 0 Å². The highest BCUT2D eigenvalue weighted by Crippen LogP contribution is 2.34. The summed E-state index contributed by atoms with van der Waals surface area (Å²) in [5.41, 5.74) is 3.67. The van der Waals surface area contributed by atoms with Crippen LogP contribution in [-0.4, -0.2) is 23.9 Å². The van der Waals surface area contributed by atoms with Crippen molar-refractivity contribution in [3.8, 4) is 0 Å². The van der Waals surface area contributed by atoms with Crippen molar-refractivity contribution < 1.29 is 9.59 Å². The van der Waals surface area contributed by atoms with Crippen LogP contribution in [0.3, 0.4) is 0 Å². The van der Waals surface area contributed by atoms with Crippen LogP contribution in [0.1, 0.15) is 25.0 Å². The summed E-state index contributed by atoms with van der Waals surface area (Å²) in [7, 11) is 0. The number of hydrogen-bond acceptors (Lipinski definition) is 3. The summed E-state index contributed by atoms with van der Waals surface area (Å²) in [5.74, 6) is -0.336. The van der Waals surface area contributed by atoms with Gasteiger partial charge in [0.15, 0.2) is 0 Å². The number of aryl methyl sites for hydroxylation is 2. The monoisotopic (exact) mass is 337 g/mol. The smallest absolute Gasteiger partial charge is 0.252 e. The fourth-order valence-electron chi connectivity index (χ4n) is 3.01. The lowest BCUT2D eigenvalue weighted by molar-refractivity contribution is -0.124. The van der Waals surface area contributed by atoms with Gasteiger partial charge in [0, 0.05) is 5.69 Å². The van der Waals surface area contributed by atoms with E-state index in [-0.39, 0.29) is 18.4 Å². The highest BCUT2D eigenvalue weighted by Gasteiger charge is 2.39. The van der Waals surface area contributed by atoms with E-state index in [1.165, 1.54) is 0 Å². The molecule has 0 radical (unpaired) electrons. The Labute approximate surface area is 148 Å².